The van der Waals surface area contributed by atoms with Crippen LogP contribution >= 0.6 is 11.6 Å². The molecule has 1 aromatic heterocycles. The SMILES string of the molecule is CCCNc1ccc(CNc2ncc(Cl)cc2[N+](=O)[O-])cc1. The van der Waals surface area contributed by atoms with Crippen LogP contribution in [0.4, 0.5) is 17.2 Å². The number of pyridine rings is 1. The van der Waals surface area contributed by atoms with Gasteiger partial charge in [0.05, 0.1) is 9.95 Å². The van der Waals surface area contributed by atoms with E-state index in [1.165, 1.54) is 12.3 Å². The Labute approximate surface area is 133 Å². The summed E-state index contributed by atoms with van der Waals surface area (Å²) in [6.07, 6.45) is 2.45. The fourth-order valence-electron chi connectivity index (χ4n) is 1.90. The summed E-state index contributed by atoms with van der Waals surface area (Å²) in [4.78, 5) is 14.5. The Hall–Kier alpha value is -2.34. The molecular weight excluding hydrogens is 304 g/mol. The smallest absolute Gasteiger partial charge is 0.312 e. The molecule has 2 aromatic rings. The fraction of sp³-hybridized carbons (Fsp3) is 0.267. The van der Waals surface area contributed by atoms with E-state index in [1.54, 1.807) is 0 Å². The standard InChI is InChI=1S/C15H17ClN4O2/c1-2-7-17-13-5-3-11(4-6-13)9-18-15-14(20(21)22)8-12(16)10-19-15/h3-6,8,10,17H,2,7,9H2,1H3,(H,18,19). The molecule has 7 heteroatoms. The van der Waals surface area contributed by atoms with Crippen LogP contribution in [0, 0.1) is 10.1 Å². The molecule has 1 heterocycles. The summed E-state index contributed by atoms with van der Waals surface area (Å²) in [6, 6.07) is 9.18. The van der Waals surface area contributed by atoms with Crippen LogP contribution < -0.4 is 10.6 Å². The first-order chi connectivity index (χ1) is 10.6. The van der Waals surface area contributed by atoms with Crippen molar-refractivity contribution in [1.29, 1.82) is 0 Å². The zero-order valence-corrected chi connectivity index (χ0v) is 12.9. The molecule has 0 saturated heterocycles. The second kappa shape index (κ2) is 7.61. The number of hydrogen-bond acceptors (Lipinski definition) is 5. The maximum atomic E-state index is 11.0. The Balaban J connectivity index is 2.02. The van der Waals surface area contributed by atoms with Crippen LogP contribution in [0.1, 0.15) is 18.9 Å². The molecular formula is C15H17ClN4O2. The van der Waals surface area contributed by atoms with Gasteiger partial charge in [0.15, 0.2) is 0 Å². The molecule has 2 N–H and O–H groups in total. The lowest BCUT2D eigenvalue weighted by Gasteiger charge is -2.08. The molecule has 2 rings (SSSR count). The van der Waals surface area contributed by atoms with Crippen LogP contribution in [0.15, 0.2) is 36.5 Å². The summed E-state index contributed by atoms with van der Waals surface area (Å²) >= 11 is 5.74. The van der Waals surface area contributed by atoms with Crippen molar-refractivity contribution < 1.29 is 4.92 Å². The number of rotatable bonds is 7. The maximum Gasteiger partial charge on any atom is 0.312 e. The van der Waals surface area contributed by atoms with E-state index in [0.717, 1.165) is 24.2 Å². The first-order valence-electron chi connectivity index (χ1n) is 6.96. The van der Waals surface area contributed by atoms with Crippen molar-refractivity contribution in [2.24, 2.45) is 0 Å². The van der Waals surface area contributed by atoms with Crippen molar-refractivity contribution >= 4 is 28.8 Å². The van der Waals surface area contributed by atoms with E-state index in [2.05, 4.69) is 22.5 Å². The Morgan fingerprint density at radius 3 is 2.64 bits per heavy atom. The predicted molar refractivity (Wildman–Crippen MR) is 88.5 cm³/mol. The summed E-state index contributed by atoms with van der Waals surface area (Å²) in [7, 11) is 0. The summed E-state index contributed by atoms with van der Waals surface area (Å²) in [5.74, 6) is 0.211. The highest BCUT2D eigenvalue weighted by molar-refractivity contribution is 6.30. The minimum atomic E-state index is -0.501. The molecule has 0 atom stereocenters. The van der Waals surface area contributed by atoms with E-state index in [0.29, 0.717) is 6.54 Å². The monoisotopic (exact) mass is 320 g/mol. The van der Waals surface area contributed by atoms with E-state index < -0.39 is 4.92 Å². The Morgan fingerprint density at radius 1 is 1.27 bits per heavy atom. The van der Waals surface area contributed by atoms with Gasteiger partial charge >= 0.3 is 5.69 Å². The quantitative estimate of drug-likeness (QED) is 0.593. The lowest BCUT2D eigenvalue weighted by molar-refractivity contribution is -0.384. The van der Waals surface area contributed by atoms with Crippen LogP contribution in [0.5, 0.6) is 0 Å². The van der Waals surface area contributed by atoms with Gasteiger partial charge in [-0.3, -0.25) is 10.1 Å². The van der Waals surface area contributed by atoms with E-state index in [1.807, 2.05) is 24.3 Å². The van der Waals surface area contributed by atoms with Crippen molar-refractivity contribution in [2.45, 2.75) is 19.9 Å². The number of nitro groups is 1. The van der Waals surface area contributed by atoms with Crippen molar-refractivity contribution in [3.8, 4) is 0 Å². The molecule has 0 saturated carbocycles. The third-order valence-electron chi connectivity index (χ3n) is 3.02. The summed E-state index contributed by atoms with van der Waals surface area (Å²) in [6.45, 7) is 3.49. The highest BCUT2D eigenvalue weighted by atomic mass is 35.5. The largest absolute Gasteiger partial charge is 0.385 e. The summed E-state index contributed by atoms with van der Waals surface area (Å²) < 4.78 is 0. The van der Waals surface area contributed by atoms with Crippen LogP contribution in [0.25, 0.3) is 0 Å². The molecule has 116 valence electrons. The Bertz CT molecular complexity index is 646. The van der Waals surface area contributed by atoms with Crippen molar-refractivity contribution in [1.82, 2.24) is 4.98 Å². The third-order valence-corrected chi connectivity index (χ3v) is 3.23. The van der Waals surface area contributed by atoms with Gasteiger partial charge in [-0.2, -0.15) is 0 Å². The van der Waals surface area contributed by atoms with Gasteiger partial charge in [0.25, 0.3) is 0 Å². The van der Waals surface area contributed by atoms with Crippen LogP contribution in [-0.4, -0.2) is 16.5 Å². The molecule has 0 aliphatic heterocycles. The topological polar surface area (TPSA) is 80.1 Å². The predicted octanol–water partition coefficient (Wildman–Crippen LogP) is 4.08. The Kier molecular flexibility index (Phi) is 5.55. The highest BCUT2D eigenvalue weighted by Gasteiger charge is 2.15. The molecule has 1 aromatic carbocycles. The van der Waals surface area contributed by atoms with Gasteiger partial charge in [-0.1, -0.05) is 30.7 Å². The summed E-state index contributed by atoms with van der Waals surface area (Å²) in [5, 5.41) is 17.5. The number of nitrogens with one attached hydrogen (secondary N) is 2. The number of benzene rings is 1. The molecule has 6 nitrogen and oxygen atoms in total. The van der Waals surface area contributed by atoms with Gasteiger partial charge in [0, 0.05) is 31.0 Å². The average molecular weight is 321 g/mol. The number of halogens is 1. The second-order valence-corrected chi connectivity index (χ2v) is 5.19. The van der Waals surface area contributed by atoms with E-state index in [4.69, 9.17) is 11.6 Å². The molecule has 0 bridgehead atoms. The van der Waals surface area contributed by atoms with Gasteiger partial charge in [-0.05, 0) is 24.1 Å². The number of aromatic nitrogens is 1. The number of nitrogens with zero attached hydrogens (tertiary/aromatic N) is 2. The van der Waals surface area contributed by atoms with Gasteiger partial charge in [-0.15, -0.1) is 0 Å². The fourth-order valence-corrected chi connectivity index (χ4v) is 2.05. The molecule has 0 aliphatic carbocycles. The van der Waals surface area contributed by atoms with Crippen LogP contribution in [-0.2, 0) is 6.54 Å². The first-order valence-corrected chi connectivity index (χ1v) is 7.34. The van der Waals surface area contributed by atoms with Crippen molar-refractivity contribution in [3.05, 3.63) is 57.2 Å². The average Bonchev–Trinajstić information content (AvgIpc) is 2.52. The zero-order chi connectivity index (χ0) is 15.9. The van der Waals surface area contributed by atoms with Gasteiger partial charge in [0.1, 0.15) is 0 Å². The molecule has 0 radical (unpaired) electrons. The Morgan fingerprint density at radius 2 is 2.00 bits per heavy atom. The second-order valence-electron chi connectivity index (χ2n) is 4.76. The third kappa shape index (κ3) is 4.33. The van der Waals surface area contributed by atoms with Crippen molar-refractivity contribution in [3.63, 3.8) is 0 Å². The molecule has 0 aliphatic rings. The molecule has 0 unspecified atom stereocenters. The molecule has 0 spiro atoms. The molecule has 22 heavy (non-hydrogen) atoms. The van der Waals surface area contributed by atoms with Gasteiger partial charge < -0.3 is 10.6 Å². The molecule has 0 amide bonds. The van der Waals surface area contributed by atoms with E-state index in [9.17, 15) is 10.1 Å². The van der Waals surface area contributed by atoms with Crippen LogP contribution in [0.3, 0.4) is 0 Å². The summed E-state index contributed by atoms with van der Waals surface area (Å²) in [5.41, 5.74) is 1.93. The maximum absolute atomic E-state index is 11.0. The van der Waals surface area contributed by atoms with Gasteiger partial charge in [-0.25, -0.2) is 4.98 Å². The minimum absolute atomic E-state index is 0.131. The number of anilines is 2. The molecule has 0 fully saturated rings. The first kappa shape index (κ1) is 16.0. The van der Waals surface area contributed by atoms with E-state index in [-0.39, 0.29) is 16.5 Å². The zero-order valence-electron chi connectivity index (χ0n) is 12.2. The van der Waals surface area contributed by atoms with Crippen LogP contribution in [0.2, 0.25) is 5.02 Å². The van der Waals surface area contributed by atoms with Gasteiger partial charge in [0.2, 0.25) is 5.82 Å². The van der Waals surface area contributed by atoms with E-state index >= 15 is 0 Å². The number of hydrogen-bond donors (Lipinski definition) is 2. The lowest BCUT2D eigenvalue weighted by Crippen LogP contribution is -2.05. The highest BCUT2D eigenvalue weighted by Crippen LogP contribution is 2.25. The normalized spacial score (nSPS) is 10.3. The lowest BCUT2D eigenvalue weighted by atomic mass is 10.2. The minimum Gasteiger partial charge on any atom is -0.385 e. The van der Waals surface area contributed by atoms with Crippen molar-refractivity contribution in [2.75, 3.05) is 17.2 Å².